The van der Waals surface area contributed by atoms with Crippen LogP contribution in [-0.4, -0.2) is 19.2 Å². The van der Waals surface area contributed by atoms with Crippen LogP contribution in [0.3, 0.4) is 0 Å². The minimum absolute atomic E-state index is 0.0654. The minimum atomic E-state index is -4.94. The summed E-state index contributed by atoms with van der Waals surface area (Å²) in [5.74, 6) is -0.260. The van der Waals surface area contributed by atoms with Crippen LogP contribution in [0, 0.1) is 6.92 Å². The molecule has 0 saturated carbocycles. The van der Waals surface area contributed by atoms with Gasteiger partial charge in [0.1, 0.15) is 0 Å². The van der Waals surface area contributed by atoms with Crippen LogP contribution >= 0.6 is 23.4 Å². The molecule has 2 aromatic heterocycles. The Morgan fingerprint density at radius 2 is 1.62 bits per heavy atom. The molecule has 0 aliphatic rings. The van der Waals surface area contributed by atoms with E-state index in [2.05, 4.69) is 10.2 Å². The molecule has 0 unspecified atom stereocenters. The summed E-state index contributed by atoms with van der Waals surface area (Å²) in [6.45, 7) is 1.74. The molecule has 0 N–H and O–H groups in total. The Hall–Kier alpha value is -2.99. The van der Waals surface area contributed by atoms with E-state index in [0.29, 0.717) is 28.4 Å². The van der Waals surface area contributed by atoms with Crippen molar-refractivity contribution >= 4 is 29.0 Å². The van der Waals surface area contributed by atoms with E-state index >= 15 is 0 Å². The number of aromatic nitrogens is 4. The number of rotatable bonds is 4. The average molecular weight is 519 g/mol. The van der Waals surface area contributed by atoms with Gasteiger partial charge in [0.05, 0.1) is 16.8 Å². The maximum absolute atomic E-state index is 13.1. The molecule has 0 amide bonds. The zero-order valence-electron chi connectivity index (χ0n) is 17.1. The van der Waals surface area contributed by atoms with Gasteiger partial charge in [0, 0.05) is 23.2 Å². The Kier molecular flexibility index (Phi) is 6.15. The largest absolute Gasteiger partial charge is 0.416 e. The number of alkyl halides is 6. The van der Waals surface area contributed by atoms with Gasteiger partial charge in [-0.2, -0.15) is 26.3 Å². The van der Waals surface area contributed by atoms with Crippen LogP contribution in [0.5, 0.6) is 0 Å². The van der Waals surface area contributed by atoms with Gasteiger partial charge < -0.3 is 0 Å². The van der Waals surface area contributed by atoms with Gasteiger partial charge in [-0.05, 0) is 48.4 Å². The molecule has 0 aliphatic heterocycles. The minimum Gasteiger partial charge on any atom is -0.279 e. The summed E-state index contributed by atoms with van der Waals surface area (Å²) < 4.78 is 81.2. The van der Waals surface area contributed by atoms with Gasteiger partial charge in [0.15, 0.2) is 5.16 Å². The molecule has 0 radical (unpaired) electrons. The lowest BCUT2D eigenvalue weighted by molar-refractivity contribution is -0.143. The fraction of sp³-hybridized carbons (Fsp3) is 0.190. The first kappa shape index (κ1) is 24.1. The van der Waals surface area contributed by atoms with Crippen LogP contribution in [0.25, 0.3) is 11.3 Å². The first-order valence-corrected chi connectivity index (χ1v) is 10.9. The highest BCUT2D eigenvalue weighted by Gasteiger charge is 2.36. The van der Waals surface area contributed by atoms with Crippen molar-refractivity contribution in [1.29, 1.82) is 0 Å². The van der Waals surface area contributed by atoms with E-state index in [1.54, 1.807) is 25.1 Å². The number of thioether (sulfide) groups is 1. The summed E-state index contributed by atoms with van der Waals surface area (Å²) in [6, 6.07) is 6.42. The van der Waals surface area contributed by atoms with Crippen molar-refractivity contribution in [1.82, 2.24) is 19.2 Å². The number of benzene rings is 2. The molecule has 2 heterocycles. The van der Waals surface area contributed by atoms with Crippen LogP contribution in [0.15, 0.2) is 58.7 Å². The van der Waals surface area contributed by atoms with Crippen LogP contribution in [0.2, 0.25) is 5.02 Å². The van der Waals surface area contributed by atoms with Gasteiger partial charge in [0.2, 0.25) is 5.65 Å². The van der Waals surface area contributed by atoms with Crippen molar-refractivity contribution in [2.24, 2.45) is 0 Å². The molecule has 13 heteroatoms. The zero-order chi connectivity index (χ0) is 24.8. The lowest BCUT2D eigenvalue weighted by atomic mass is 10.1. The van der Waals surface area contributed by atoms with Crippen molar-refractivity contribution in [3.63, 3.8) is 0 Å². The highest BCUT2D eigenvalue weighted by Crippen LogP contribution is 2.37. The molecule has 4 aromatic rings. The Labute approximate surface area is 197 Å². The second-order valence-corrected chi connectivity index (χ2v) is 8.59. The predicted molar refractivity (Wildman–Crippen MR) is 114 cm³/mol. The molecule has 0 atom stereocenters. The highest BCUT2D eigenvalue weighted by molar-refractivity contribution is 7.98. The van der Waals surface area contributed by atoms with E-state index in [9.17, 15) is 31.1 Å². The van der Waals surface area contributed by atoms with Crippen molar-refractivity contribution in [3.05, 3.63) is 86.4 Å². The van der Waals surface area contributed by atoms with Crippen LogP contribution < -0.4 is 5.56 Å². The van der Waals surface area contributed by atoms with Gasteiger partial charge in [0.25, 0.3) is 0 Å². The normalized spacial score (nSPS) is 12.5. The molecule has 0 aliphatic carbocycles. The Bertz CT molecular complexity index is 1410. The summed E-state index contributed by atoms with van der Waals surface area (Å²) in [4.78, 5) is 12.9. The van der Waals surface area contributed by atoms with Crippen molar-refractivity contribution in [2.75, 3.05) is 0 Å². The van der Waals surface area contributed by atoms with E-state index in [4.69, 9.17) is 11.6 Å². The third-order valence-corrected chi connectivity index (χ3v) is 6.38. The summed E-state index contributed by atoms with van der Waals surface area (Å²) in [6.07, 6.45) is -6.95. The maximum Gasteiger partial charge on any atom is 0.416 e. The van der Waals surface area contributed by atoms with E-state index in [0.717, 1.165) is 11.8 Å². The number of hydrogen-bond donors (Lipinski definition) is 0. The number of halogens is 7. The number of nitrogens with zero attached hydrogens (tertiary/aromatic N) is 4. The summed E-state index contributed by atoms with van der Waals surface area (Å²) >= 11 is 6.97. The molecule has 4 rings (SSSR count). The molecule has 0 saturated heterocycles. The van der Waals surface area contributed by atoms with E-state index < -0.39 is 29.0 Å². The molecular formula is C21H13ClF6N4OS. The lowest BCUT2D eigenvalue weighted by Gasteiger charge is -2.14. The number of fused-ring (bicyclic) bond motifs is 1. The van der Waals surface area contributed by atoms with Crippen molar-refractivity contribution in [3.8, 4) is 5.69 Å². The Morgan fingerprint density at radius 1 is 0.971 bits per heavy atom. The molecule has 0 fully saturated rings. The van der Waals surface area contributed by atoms with Gasteiger partial charge >= 0.3 is 17.9 Å². The SMILES string of the molecule is Cc1c(Cl)cccc1-n1ccn2c(SCc3cc(C(F)(F)F)cc(C(F)(F)F)c3)nnc2c1=O. The molecular weight excluding hydrogens is 506 g/mol. The van der Waals surface area contributed by atoms with Crippen LogP contribution in [-0.2, 0) is 18.1 Å². The first-order valence-electron chi connectivity index (χ1n) is 9.49. The van der Waals surface area contributed by atoms with Crippen LogP contribution in [0.1, 0.15) is 22.3 Å². The third-order valence-electron chi connectivity index (χ3n) is 4.95. The summed E-state index contributed by atoms with van der Waals surface area (Å²) in [5, 5.41) is 8.32. The Morgan fingerprint density at radius 3 is 2.24 bits per heavy atom. The quantitative estimate of drug-likeness (QED) is 0.239. The smallest absolute Gasteiger partial charge is 0.279 e. The predicted octanol–water partition coefficient (Wildman–Crippen LogP) is 6.17. The topological polar surface area (TPSA) is 52.2 Å². The van der Waals surface area contributed by atoms with E-state index in [1.165, 1.54) is 21.4 Å². The van der Waals surface area contributed by atoms with Crippen molar-refractivity contribution < 1.29 is 26.3 Å². The monoisotopic (exact) mass is 518 g/mol. The average Bonchev–Trinajstić information content (AvgIpc) is 3.17. The fourth-order valence-electron chi connectivity index (χ4n) is 3.26. The maximum atomic E-state index is 13.1. The molecule has 178 valence electrons. The highest BCUT2D eigenvalue weighted by atomic mass is 35.5. The van der Waals surface area contributed by atoms with Gasteiger partial charge in [-0.1, -0.05) is 29.4 Å². The second-order valence-electron chi connectivity index (χ2n) is 7.24. The van der Waals surface area contributed by atoms with Gasteiger partial charge in [-0.25, -0.2) is 0 Å². The third kappa shape index (κ3) is 4.64. The zero-order valence-corrected chi connectivity index (χ0v) is 18.6. The fourth-order valence-corrected chi connectivity index (χ4v) is 4.28. The molecule has 5 nitrogen and oxygen atoms in total. The number of hydrogen-bond acceptors (Lipinski definition) is 4. The first-order chi connectivity index (χ1) is 15.9. The second kappa shape index (κ2) is 8.66. The molecule has 34 heavy (non-hydrogen) atoms. The summed E-state index contributed by atoms with van der Waals surface area (Å²) in [5.41, 5.74) is -2.40. The van der Waals surface area contributed by atoms with Crippen molar-refractivity contribution in [2.45, 2.75) is 30.2 Å². The van der Waals surface area contributed by atoms with E-state index in [1.807, 2.05) is 0 Å². The van der Waals surface area contributed by atoms with Crippen LogP contribution in [0.4, 0.5) is 26.3 Å². The van der Waals surface area contributed by atoms with Gasteiger partial charge in [-0.3, -0.25) is 13.8 Å². The lowest BCUT2D eigenvalue weighted by Crippen LogP contribution is -2.21. The molecule has 0 bridgehead atoms. The summed E-state index contributed by atoms with van der Waals surface area (Å²) in [7, 11) is 0. The van der Waals surface area contributed by atoms with E-state index in [-0.39, 0.29) is 28.2 Å². The molecule has 2 aromatic carbocycles. The molecule has 0 spiro atoms. The Balaban J connectivity index is 1.67. The standard InChI is InChI=1S/C21H13ClF6N4OS/c1-11-15(22)3-2-4-16(11)31-5-6-32-17(18(31)33)29-30-19(32)34-10-12-7-13(20(23,24)25)9-14(8-12)21(26,27)28/h2-9H,10H2,1H3. The van der Waals surface area contributed by atoms with Gasteiger partial charge in [-0.15, -0.1) is 10.2 Å².